The van der Waals surface area contributed by atoms with Gasteiger partial charge in [-0.2, -0.15) is 0 Å². The molecule has 3 N–H and O–H groups in total. The number of rotatable bonds is 10. The van der Waals surface area contributed by atoms with E-state index in [9.17, 15) is 19.5 Å². The predicted molar refractivity (Wildman–Crippen MR) is 183 cm³/mol. The first-order valence-corrected chi connectivity index (χ1v) is 15.6. The summed E-state index contributed by atoms with van der Waals surface area (Å²) in [5.74, 6) is -0.729. The molecule has 242 valence electrons. The number of hydrogen-bond donors (Lipinski definition) is 3. The molecule has 0 bridgehead atoms. The topological polar surface area (TPSA) is 108 Å². The van der Waals surface area contributed by atoms with Crippen LogP contribution in [0.5, 0.6) is 5.75 Å². The third kappa shape index (κ3) is 8.65. The molecule has 0 heterocycles. The lowest BCUT2D eigenvalue weighted by Crippen LogP contribution is -2.59. The van der Waals surface area contributed by atoms with Gasteiger partial charge in [0.2, 0.25) is 5.91 Å². The number of ether oxygens (including phenoxy) is 1. The van der Waals surface area contributed by atoms with E-state index in [0.717, 1.165) is 16.3 Å². The number of anilines is 1. The Labute approximate surface area is 271 Å². The number of amides is 3. The molecule has 4 aromatic rings. The van der Waals surface area contributed by atoms with Gasteiger partial charge in [-0.05, 0) is 94.1 Å². The average Bonchev–Trinajstić information content (AvgIpc) is 2.99. The number of hydrogen-bond acceptors (Lipinski definition) is 5. The van der Waals surface area contributed by atoms with Gasteiger partial charge in [0.1, 0.15) is 23.4 Å². The van der Waals surface area contributed by atoms with Crippen molar-refractivity contribution in [2.75, 3.05) is 5.32 Å². The molecule has 0 radical (unpaired) electrons. The van der Waals surface area contributed by atoms with Crippen LogP contribution in [0.2, 0.25) is 0 Å². The number of alkyl carbamates (subject to hydrolysis) is 1. The van der Waals surface area contributed by atoms with Gasteiger partial charge in [-0.15, -0.1) is 0 Å². The summed E-state index contributed by atoms with van der Waals surface area (Å²) >= 11 is 0. The number of benzene rings is 4. The summed E-state index contributed by atoms with van der Waals surface area (Å²) in [5, 5.41) is 17.7. The molecule has 0 fully saturated rings. The number of aromatic hydroxyl groups is 1. The van der Waals surface area contributed by atoms with Crippen molar-refractivity contribution in [3.8, 4) is 5.75 Å². The minimum atomic E-state index is -1.08. The zero-order valence-corrected chi connectivity index (χ0v) is 27.8. The fraction of sp³-hybridized carbons (Fsp3) is 0.342. The molecule has 0 aliphatic rings. The largest absolute Gasteiger partial charge is 0.508 e. The van der Waals surface area contributed by atoms with Crippen LogP contribution in [0.4, 0.5) is 10.5 Å². The van der Waals surface area contributed by atoms with Gasteiger partial charge in [0.25, 0.3) is 5.91 Å². The van der Waals surface area contributed by atoms with Crippen LogP contribution in [-0.4, -0.2) is 45.1 Å². The lowest BCUT2D eigenvalue weighted by atomic mass is 9.90. The standard InChI is InChI=1S/C38H45N3O5/c1-8-38(6,7)41(35(44)32(40-36(45)46-37(3,4)5)23-26-16-20-31(42)21-17-26)33(29-15-11-12-25(2)22-29)34(43)39-30-19-18-27-13-9-10-14-28(27)24-30/h9-22,24,32-33,42H,8,23H2,1-7H3,(H,39,43)(H,40,45). The first-order chi connectivity index (χ1) is 21.7. The Morgan fingerprint density at radius 3 is 2.15 bits per heavy atom. The number of aryl methyl sites for hydroxylation is 1. The van der Waals surface area contributed by atoms with Crippen molar-refractivity contribution in [3.63, 3.8) is 0 Å². The summed E-state index contributed by atoms with van der Waals surface area (Å²) in [6, 6.07) is 25.5. The molecule has 8 nitrogen and oxygen atoms in total. The van der Waals surface area contributed by atoms with Crippen LogP contribution < -0.4 is 10.6 Å². The second-order valence-electron chi connectivity index (χ2n) is 13.3. The van der Waals surface area contributed by atoms with Crippen molar-refractivity contribution in [1.29, 1.82) is 0 Å². The van der Waals surface area contributed by atoms with E-state index in [2.05, 4.69) is 10.6 Å². The van der Waals surface area contributed by atoms with Crippen molar-refractivity contribution < 1.29 is 24.2 Å². The Morgan fingerprint density at radius 1 is 0.848 bits per heavy atom. The number of phenols is 1. The normalized spacial score (nSPS) is 13.0. The molecule has 0 aliphatic heterocycles. The fourth-order valence-corrected chi connectivity index (χ4v) is 5.37. The maximum Gasteiger partial charge on any atom is 0.408 e. The van der Waals surface area contributed by atoms with E-state index in [1.165, 1.54) is 12.1 Å². The maximum atomic E-state index is 14.9. The van der Waals surface area contributed by atoms with Gasteiger partial charge in [-0.1, -0.05) is 79.2 Å². The van der Waals surface area contributed by atoms with Crippen LogP contribution in [0.25, 0.3) is 10.8 Å². The van der Waals surface area contributed by atoms with Crippen molar-refractivity contribution >= 4 is 34.4 Å². The lowest BCUT2D eigenvalue weighted by Gasteiger charge is -2.44. The van der Waals surface area contributed by atoms with Crippen molar-refractivity contribution in [1.82, 2.24) is 10.2 Å². The second kappa shape index (κ2) is 14.1. The van der Waals surface area contributed by atoms with E-state index in [-0.39, 0.29) is 18.1 Å². The molecule has 4 rings (SSSR count). The highest BCUT2D eigenvalue weighted by Crippen LogP contribution is 2.34. The number of fused-ring (bicyclic) bond motifs is 1. The number of carbonyl (C=O) groups excluding carboxylic acids is 3. The molecule has 2 unspecified atom stereocenters. The summed E-state index contributed by atoms with van der Waals surface area (Å²) in [5.41, 5.74) is 1.31. The minimum Gasteiger partial charge on any atom is -0.508 e. The summed E-state index contributed by atoms with van der Waals surface area (Å²) in [6.07, 6.45) is -0.101. The van der Waals surface area contributed by atoms with E-state index in [1.807, 2.05) is 94.4 Å². The molecule has 0 saturated carbocycles. The van der Waals surface area contributed by atoms with Crippen LogP contribution in [0, 0.1) is 6.92 Å². The molecular weight excluding hydrogens is 578 g/mol. The van der Waals surface area contributed by atoms with Gasteiger partial charge >= 0.3 is 6.09 Å². The molecule has 4 aromatic carbocycles. The quantitative estimate of drug-likeness (QED) is 0.168. The second-order valence-corrected chi connectivity index (χ2v) is 13.3. The smallest absolute Gasteiger partial charge is 0.408 e. The average molecular weight is 624 g/mol. The predicted octanol–water partition coefficient (Wildman–Crippen LogP) is 7.69. The van der Waals surface area contributed by atoms with Crippen molar-refractivity contribution in [2.24, 2.45) is 0 Å². The van der Waals surface area contributed by atoms with E-state index in [4.69, 9.17) is 4.74 Å². The Kier molecular flexibility index (Phi) is 10.4. The van der Waals surface area contributed by atoms with E-state index < -0.39 is 35.2 Å². The molecule has 46 heavy (non-hydrogen) atoms. The Bertz CT molecular complexity index is 1690. The highest BCUT2D eigenvalue weighted by Gasteiger charge is 2.43. The molecular formula is C38H45N3O5. The van der Waals surface area contributed by atoms with Crippen LogP contribution in [0.1, 0.15) is 70.7 Å². The highest BCUT2D eigenvalue weighted by molar-refractivity contribution is 6.00. The molecule has 3 amide bonds. The third-order valence-corrected chi connectivity index (χ3v) is 8.00. The number of carbonyl (C=O) groups is 3. The van der Waals surface area contributed by atoms with E-state index >= 15 is 0 Å². The van der Waals surface area contributed by atoms with Gasteiger partial charge in [-0.25, -0.2) is 4.79 Å². The summed E-state index contributed by atoms with van der Waals surface area (Å²) in [6.45, 7) is 13.0. The summed E-state index contributed by atoms with van der Waals surface area (Å²) in [7, 11) is 0. The van der Waals surface area contributed by atoms with Crippen LogP contribution >= 0.6 is 0 Å². The molecule has 0 saturated heterocycles. The van der Waals surface area contributed by atoms with E-state index in [1.54, 1.807) is 37.8 Å². The van der Waals surface area contributed by atoms with E-state index in [0.29, 0.717) is 23.2 Å². The van der Waals surface area contributed by atoms with Gasteiger partial charge in [0.05, 0.1) is 0 Å². The van der Waals surface area contributed by atoms with Gasteiger partial charge in [0, 0.05) is 17.6 Å². The van der Waals surface area contributed by atoms with Crippen molar-refractivity contribution in [2.45, 2.75) is 84.5 Å². The first-order valence-electron chi connectivity index (χ1n) is 15.6. The van der Waals surface area contributed by atoms with Crippen LogP contribution in [-0.2, 0) is 20.7 Å². The minimum absolute atomic E-state index is 0.0883. The van der Waals surface area contributed by atoms with Gasteiger partial charge < -0.3 is 25.4 Å². The summed E-state index contributed by atoms with van der Waals surface area (Å²) in [4.78, 5) is 44.0. The van der Waals surface area contributed by atoms with Gasteiger partial charge in [-0.3, -0.25) is 9.59 Å². The van der Waals surface area contributed by atoms with Gasteiger partial charge in [0.15, 0.2) is 0 Å². The maximum absolute atomic E-state index is 14.9. The highest BCUT2D eigenvalue weighted by atomic mass is 16.6. The Hall–Kier alpha value is -4.85. The third-order valence-electron chi connectivity index (χ3n) is 8.00. The molecule has 2 atom stereocenters. The van der Waals surface area contributed by atoms with Crippen LogP contribution in [0.15, 0.2) is 91.0 Å². The zero-order valence-electron chi connectivity index (χ0n) is 27.8. The Morgan fingerprint density at radius 2 is 1.52 bits per heavy atom. The number of nitrogens with zero attached hydrogens (tertiary/aromatic N) is 1. The fourth-order valence-electron chi connectivity index (χ4n) is 5.37. The van der Waals surface area contributed by atoms with Crippen LogP contribution in [0.3, 0.4) is 0 Å². The number of phenolic OH excluding ortho intramolecular Hbond substituents is 1. The number of nitrogens with one attached hydrogen (secondary N) is 2. The Balaban J connectivity index is 1.80. The lowest BCUT2D eigenvalue weighted by molar-refractivity contribution is -0.147. The molecule has 0 aliphatic carbocycles. The summed E-state index contributed by atoms with van der Waals surface area (Å²) < 4.78 is 5.55. The SMILES string of the molecule is CCC(C)(C)N(C(=O)C(Cc1ccc(O)cc1)NC(=O)OC(C)(C)C)C(C(=O)Nc1ccc2ccccc2c1)c1cccc(C)c1. The monoisotopic (exact) mass is 623 g/mol. The molecule has 8 heteroatoms. The zero-order chi connectivity index (χ0) is 33.6. The van der Waals surface area contributed by atoms with Crippen molar-refractivity contribution in [3.05, 3.63) is 108 Å². The first kappa shape index (κ1) is 34.0. The molecule has 0 spiro atoms. The molecule has 0 aromatic heterocycles.